The second-order valence-electron chi connectivity index (χ2n) is 10.7. The quantitative estimate of drug-likeness (QED) is 0.147. The maximum atomic E-state index is 13.0. The molecule has 0 bridgehead atoms. The Morgan fingerprint density at radius 2 is 1.67 bits per heavy atom. The van der Waals surface area contributed by atoms with Gasteiger partial charge in [0.25, 0.3) is 0 Å². The van der Waals surface area contributed by atoms with E-state index in [-0.39, 0.29) is 24.4 Å². The number of hydrogen-bond donors (Lipinski definition) is 1. The van der Waals surface area contributed by atoms with Crippen molar-refractivity contribution in [1.29, 1.82) is 0 Å². The lowest BCUT2D eigenvalue weighted by molar-refractivity contribution is -0.143. The van der Waals surface area contributed by atoms with E-state index in [9.17, 15) is 23.1 Å². The van der Waals surface area contributed by atoms with Crippen molar-refractivity contribution in [2.24, 2.45) is 0 Å². The number of hydrogen-bond acceptors (Lipinski definition) is 6. The molecule has 0 saturated heterocycles. The van der Waals surface area contributed by atoms with Crippen LogP contribution in [0.4, 0.5) is 13.2 Å². The fraction of sp³-hybridized carbons (Fsp3) is 0.333. The van der Waals surface area contributed by atoms with Crippen molar-refractivity contribution < 1.29 is 37.1 Å². The molecule has 0 aliphatic heterocycles. The molecule has 4 aromatic rings. The maximum absolute atomic E-state index is 13.0. The van der Waals surface area contributed by atoms with Gasteiger partial charge in [-0.05, 0) is 61.1 Å². The first kappa shape index (κ1) is 29.5. The summed E-state index contributed by atoms with van der Waals surface area (Å²) in [5.74, 6) is 0.331. The summed E-state index contributed by atoms with van der Waals surface area (Å²) in [4.78, 5) is 12.0. The Morgan fingerprint density at radius 1 is 1.02 bits per heavy atom. The van der Waals surface area contributed by atoms with E-state index in [0.29, 0.717) is 35.6 Å². The zero-order valence-corrected chi connectivity index (χ0v) is 23.4. The number of halogens is 3. The van der Waals surface area contributed by atoms with E-state index < -0.39 is 18.0 Å². The minimum atomic E-state index is -4.45. The van der Waals surface area contributed by atoms with Crippen LogP contribution < -0.4 is 0 Å². The monoisotopic (exact) mass is 579 g/mol. The minimum Gasteiger partial charge on any atom is -0.466 e. The van der Waals surface area contributed by atoms with E-state index >= 15 is 0 Å². The predicted molar refractivity (Wildman–Crippen MR) is 150 cm³/mol. The molecule has 0 spiro atoms. The highest BCUT2D eigenvalue weighted by molar-refractivity contribution is 5.73. The summed E-state index contributed by atoms with van der Waals surface area (Å²) in [7, 11) is 0. The second-order valence-corrected chi connectivity index (χ2v) is 10.7. The first-order valence-electron chi connectivity index (χ1n) is 13.9. The van der Waals surface area contributed by atoms with Gasteiger partial charge < -0.3 is 19.1 Å². The van der Waals surface area contributed by atoms with Crippen molar-refractivity contribution >= 4 is 5.97 Å². The Bertz CT molecular complexity index is 1520. The molecule has 1 fully saturated rings. The van der Waals surface area contributed by atoms with Crippen molar-refractivity contribution in [1.82, 2.24) is 5.16 Å². The fourth-order valence-corrected chi connectivity index (χ4v) is 5.16. The average Bonchev–Trinajstić information content (AvgIpc) is 3.67. The summed E-state index contributed by atoms with van der Waals surface area (Å²) in [6.45, 7) is 3.78. The number of aliphatic hydroxyl groups excluding tert-OH is 1. The van der Waals surface area contributed by atoms with Crippen LogP contribution in [-0.4, -0.2) is 29.1 Å². The first-order valence-corrected chi connectivity index (χ1v) is 13.9. The number of aliphatic hydroxyl groups is 1. The third-order valence-corrected chi connectivity index (χ3v) is 7.68. The summed E-state index contributed by atoms with van der Waals surface area (Å²) in [6, 6.07) is 20.8. The summed E-state index contributed by atoms with van der Waals surface area (Å²) in [5.41, 5.74) is 4.61. The Hall–Kier alpha value is -3.95. The van der Waals surface area contributed by atoms with Crippen LogP contribution in [0.1, 0.15) is 54.1 Å². The fourth-order valence-electron chi connectivity index (χ4n) is 5.16. The van der Waals surface area contributed by atoms with Gasteiger partial charge in [-0.1, -0.05) is 65.8 Å². The Kier molecular flexibility index (Phi) is 8.52. The number of benzene rings is 3. The van der Waals surface area contributed by atoms with E-state index in [1.54, 1.807) is 6.92 Å². The number of esters is 1. The van der Waals surface area contributed by atoms with E-state index in [2.05, 4.69) is 29.4 Å². The third kappa shape index (κ3) is 6.74. The lowest BCUT2D eigenvalue weighted by atomic mass is 9.90. The van der Waals surface area contributed by atoms with Crippen molar-refractivity contribution in [3.63, 3.8) is 0 Å². The molecule has 3 aromatic carbocycles. The highest BCUT2D eigenvalue weighted by Crippen LogP contribution is 2.51. The van der Waals surface area contributed by atoms with Crippen molar-refractivity contribution in [3.8, 4) is 22.5 Å². The Balaban J connectivity index is 1.24. The molecule has 9 heteroatoms. The number of alkyl halides is 3. The highest BCUT2D eigenvalue weighted by atomic mass is 19.4. The lowest BCUT2D eigenvalue weighted by Crippen LogP contribution is -2.16. The number of carbonyl (C=O) groups excluding carboxylic acids is 1. The van der Waals surface area contributed by atoms with Gasteiger partial charge in [-0.15, -0.1) is 0 Å². The lowest BCUT2D eigenvalue weighted by Gasteiger charge is -2.15. The van der Waals surface area contributed by atoms with Crippen LogP contribution in [-0.2, 0) is 38.9 Å². The number of nitrogens with zero attached hydrogens (tertiary/aromatic N) is 1. The van der Waals surface area contributed by atoms with Crippen LogP contribution in [0.15, 0.2) is 77.3 Å². The molecule has 1 unspecified atom stereocenters. The van der Waals surface area contributed by atoms with Crippen LogP contribution in [0.3, 0.4) is 0 Å². The number of rotatable bonds is 11. The normalized spacial score (nSPS) is 14.9. The number of carbonyl (C=O) groups is 1. The van der Waals surface area contributed by atoms with Crippen LogP contribution in [0.5, 0.6) is 0 Å². The van der Waals surface area contributed by atoms with Gasteiger partial charge >= 0.3 is 12.1 Å². The molecular formula is C33H32F3NO5. The van der Waals surface area contributed by atoms with E-state index in [4.69, 9.17) is 14.0 Å². The molecule has 1 aromatic heterocycles. The van der Waals surface area contributed by atoms with Gasteiger partial charge in [-0.25, -0.2) is 0 Å². The summed E-state index contributed by atoms with van der Waals surface area (Å²) in [6.07, 6.45) is -3.31. The number of ether oxygens (including phenoxy) is 2. The average molecular weight is 580 g/mol. The molecule has 1 aliphatic carbocycles. The smallest absolute Gasteiger partial charge is 0.416 e. The molecular weight excluding hydrogens is 547 g/mol. The largest absolute Gasteiger partial charge is 0.466 e. The van der Waals surface area contributed by atoms with Gasteiger partial charge in [0, 0.05) is 23.0 Å². The van der Waals surface area contributed by atoms with E-state index in [1.807, 2.05) is 31.2 Å². The van der Waals surface area contributed by atoms with Gasteiger partial charge in [0.2, 0.25) is 0 Å². The summed E-state index contributed by atoms with van der Waals surface area (Å²) < 4.78 is 55.1. The van der Waals surface area contributed by atoms with Crippen LogP contribution in [0.25, 0.3) is 22.5 Å². The Labute approximate surface area is 242 Å². The van der Waals surface area contributed by atoms with Crippen molar-refractivity contribution in [2.45, 2.75) is 64.0 Å². The minimum absolute atomic E-state index is 0.0559. The number of aryl methyl sites for hydroxylation is 1. The van der Waals surface area contributed by atoms with Gasteiger partial charge in [0.05, 0.1) is 30.9 Å². The predicted octanol–water partition coefficient (Wildman–Crippen LogP) is 7.40. The zero-order valence-electron chi connectivity index (χ0n) is 23.4. The van der Waals surface area contributed by atoms with Crippen molar-refractivity contribution in [3.05, 3.63) is 101 Å². The standard InChI is InChI=1S/C33H32F3NO5/c1-3-40-30(39)19-32(15-16-32)26-13-11-24(12-14-26)23-7-9-25(10-8-23)31-28(21(2)37-42-31)18-29(38)41-20-22-5-4-6-27(17-22)33(34,35)36/h4-14,17,29,38H,3,15-16,18-20H2,1-2H3. The molecule has 1 N–H and O–H groups in total. The van der Waals surface area contributed by atoms with Crippen LogP contribution in [0, 0.1) is 6.92 Å². The molecule has 1 atom stereocenters. The maximum Gasteiger partial charge on any atom is 0.416 e. The van der Waals surface area contributed by atoms with Gasteiger partial charge in [0.1, 0.15) is 0 Å². The first-order chi connectivity index (χ1) is 20.1. The second kappa shape index (κ2) is 12.1. The molecule has 6 nitrogen and oxygen atoms in total. The third-order valence-electron chi connectivity index (χ3n) is 7.68. The van der Waals surface area contributed by atoms with Gasteiger partial charge in [-0.2, -0.15) is 13.2 Å². The van der Waals surface area contributed by atoms with Crippen molar-refractivity contribution in [2.75, 3.05) is 6.61 Å². The van der Waals surface area contributed by atoms with E-state index in [1.165, 1.54) is 12.1 Å². The van der Waals surface area contributed by atoms with Crippen LogP contribution >= 0.6 is 0 Å². The number of aromatic nitrogens is 1. The molecule has 0 radical (unpaired) electrons. The topological polar surface area (TPSA) is 81.8 Å². The highest BCUT2D eigenvalue weighted by Gasteiger charge is 2.46. The van der Waals surface area contributed by atoms with Gasteiger partial charge in [-0.3, -0.25) is 4.79 Å². The molecule has 1 heterocycles. The molecule has 220 valence electrons. The summed E-state index contributed by atoms with van der Waals surface area (Å²) in [5, 5.41) is 14.6. The SMILES string of the molecule is CCOC(=O)CC1(c2ccc(-c3ccc(-c4onc(C)c4CC(O)OCc4cccc(C(F)(F)F)c4)cc3)cc2)CC1. The summed E-state index contributed by atoms with van der Waals surface area (Å²) >= 11 is 0. The van der Waals surface area contributed by atoms with Gasteiger partial charge in [0.15, 0.2) is 12.1 Å². The van der Waals surface area contributed by atoms with E-state index in [0.717, 1.165) is 47.2 Å². The molecule has 5 rings (SSSR count). The molecule has 1 saturated carbocycles. The molecule has 42 heavy (non-hydrogen) atoms. The van der Waals surface area contributed by atoms with Crippen LogP contribution in [0.2, 0.25) is 0 Å². The molecule has 1 aliphatic rings. The molecule has 0 amide bonds. The Morgan fingerprint density at radius 3 is 2.29 bits per heavy atom. The zero-order chi connectivity index (χ0) is 29.9.